The van der Waals surface area contributed by atoms with Gasteiger partial charge in [-0.1, -0.05) is 0 Å². The summed E-state index contributed by atoms with van der Waals surface area (Å²) in [4.78, 5) is 16.9. The Morgan fingerprint density at radius 2 is 0.867 bits per heavy atom. The van der Waals surface area contributed by atoms with Gasteiger partial charge in [0.2, 0.25) is 14.7 Å². The predicted molar refractivity (Wildman–Crippen MR) is 55.9 cm³/mol. The fourth-order valence-electron chi connectivity index (χ4n) is 0.149. The van der Waals surface area contributed by atoms with Crippen molar-refractivity contribution in [2.45, 2.75) is 0 Å². The minimum absolute atomic E-state index is 0. The second kappa shape index (κ2) is 9.92. The monoisotopic (exact) mass is 307 g/mol. The Kier molecular flexibility index (Phi) is 13.9. The van der Waals surface area contributed by atoms with Crippen LogP contribution in [0.4, 0.5) is 0 Å². The van der Waals surface area contributed by atoms with Crippen LogP contribution in [0.3, 0.4) is 0 Å². The van der Waals surface area contributed by atoms with E-state index in [1.165, 1.54) is 0 Å². The number of hydrogen-bond donors (Lipinski definition) is 6. The Morgan fingerprint density at radius 3 is 0.867 bits per heavy atom. The zero-order chi connectivity index (χ0) is 11.8. The van der Waals surface area contributed by atoms with Gasteiger partial charge in [0.1, 0.15) is 0 Å². The molecular weight excluding hydrogens is 289 g/mol. The fourth-order valence-corrected chi connectivity index (χ4v) is 0.447. The molecule has 0 bridgehead atoms. The molecule has 0 aromatic carbocycles. The standard InChI is InChI=1S/2C2H9N2O2P.Co/c2*3-1-7(5,6)2-4;/h2*1-4H2,(H,5,6);. The molecule has 11 heteroatoms. The molecule has 0 aliphatic carbocycles. The van der Waals surface area contributed by atoms with Crippen LogP contribution in [0, 0.1) is 0 Å². The van der Waals surface area contributed by atoms with Gasteiger partial charge in [-0.15, -0.1) is 0 Å². The van der Waals surface area contributed by atoms with Gasteiger partial charge in [0, 0.05) is 16.8 Å². The fraction of sp³-hybridized carbons (Fsp3) is 1.00. The molecular formula is C4H18CoN4O4P2. The van der Waals surface area contributed by atoms with E-state index in [0.29, 0.717) is 0 Å². The van der Waals surface area contributed by atoms with Gasteiger partial charge in [0.05, 0.1) is 25.1 Å². The summed E-state index contributed by atoms with van der Waals surface area (Å²) >= 11 is 0. The predicted octanol–water partition coefficient (Wildman–Crippen LogP) is -1.82. The van der Waals surface area contributed by atoms with Crippen LogP contribution in [-0.2, 0) is 25.9 Å². The van der Waals surface area contributed by atoms with Crippen LogP contribution >= 0.6 is 14.7 Å². The summed E-state index contributed by atoms with van der Waals surface area (Å²) in [6.07, 6.45) is -0.875. The molecule has 0 spiro atoms. The molecule has 0 heterocycles. The quantitative estimate of drug-likeness (QED) is 0.328. The SMILES string of the molecule is NCP(=O)(O)CN.NCP(=O)(O)CN.[Co]. The molecule has 0 saturated carbocycles. The molecule has 0 aromatic heterocycles. The average molecular weight is 307 g/mol. The molecule has 15 heavy (non-hydrogen) atoms. The van der Waals surface area contributed by atoms with E-state index in [1.807, 2.05) is 0 Å². The minimum Gasteiger partial charge on any atom is -0.343 e. The van der Waals surface area contributed by atoms with Crippen LogP contribution in [0.25, 0.3) is 0 Å². The molecule has 0 amide bonds. The molecule has 8 nitrogen and oxygen atoms in total. The topological polar surface area (TPSA) is 179 Å². The van der Waals surface area contributed by atoms with Gasteiger partial charge < -0.3 is 32.7 Å². The van der Waals surface area contributed by atoms with E-state index < -0.39 is 14.7 Å². The first-order chi connectivity index (χ1) is 6.24. The Balaban J connectivity index is -0.000000180. The van der Waals surface area contributed by atoms with Crippen molar-refractivity contribution in [3.8, 4) is 0 Å². The van der Waals surface area contributed by atoms with E-state index in [-0.39, 0.29) is 41.9 Å². The van der Waals surface area contributed by atoms with E-state index in [0.717, 1.165) is 0 Å². The molecule has 97 valence electrons. The van der Waals surface area contributed by atoms with E-state index in [9.17, 15) is 9.13 Å². The van der Waals surface area contributed by atoms with Gasteiger partial charge in [0.15, 0.2) is 0 Å². The van der Waals surface area contributed by atoms with E-state index >= 15 is 0 Å². The van der Waals surface area contributed by atoms with Crippen molar-refractivity contribution in [2.75, 3.05) is 25.1 Å². The summed E-state index contributed by atoms with van der Waals surface area (Å²) < 4.78 is 20.5. The molecule has 1 radical (unpaired) electrons. The zero-order valence-corrected chi connectivity index (χ0v) is 10.9. The molecule has 0 aliphatic heterocycles. The maximum absolute atomic E-state index is 10.3. The van der Waals surface area contributed by atoms with Gasteiger partial charge >= 0.3 is 0 Å². The van der Waals surface area contributed by atoms with Gasteiger partial charge in [-0.05, 0) is 0 Å². The van der Waals surface area contributed by atoms with Crippen molar-refractivity contribution in [3.05, 3.63) is 0 Å². The Bertz CT molecular complexity index is 201. The van der Waals surface area contributed by atoms with E-state index in [4.69, 9.17) is 32.7 Å². The summed E-state index contributed by atoms with van der Waals surface area (Å²) in [5.74, 6) is 0. The molecule has 0 aliphatic rings. The Labute approximate surface area is 98.9 Å². The largest absolute Gasteiger partial charge is 0.343 e. The van der Waals surface area contributed by atoms with Crippen LogP contribution in [-0.4, -0.2) is 34.9 Å². The smallest absolute Gasteiger partial charge is 0.226 e. The second-order valence-electron chi connectivity index (χ2n) is 2.42. The van der Waals surface area contributed by atoms with Crippen molar-refractivity contribution < 1.29 is 35.7 Å². The van der Waals surface area contributed by atoms with Crippen LogP contribution in [0.1, 0.15) is 0 Å². The molecule has 0 aromatic rings. The maximum atomic E-state index is 10.3. The van der Waals surface area contributed by atoms with Gasteiger partial charge in [-0.3, -0.25) is 9.13 Å². The summed E-state index contributed by atoms with van der Waals surface area (Å²) in [5, 5.41) is 0. The summed E-state index contributed by atoms with van der Waals surface area (Å²) in [7, 11) is -6.20. The van der Waals surface area contributed by atoms with Gasteiger partial charge in [-0.2, -0.15) is 0 Å². The van der Waals surface area contributed by atoms with Crippen molar-refractivity contribution in [1.82, 2.24) is 0 Å². The first-order valence-corrected chi connectivity index (χ1v) is 7.72. The number of nitrogens with two attached hydrogens (primary N) is 4. The van der Waals surface area contributed by atoms with Crippen molar-refractivity contribution in [1.29, 1.82) is 0 Å². The second-order valence-corrected chi connectivity index (χ2v) is 7.27. The average Bonchev–Trinajstić information content (AvgIpc) is 2.19. The van der Waals surface area contributed by atoms with Crippen LogP contribution in [0.5, 0.6) is 0 Å². The maximum Gasteiger partial charge on any atom is 0.226 e. The van der Waals surface area contributed by atoms with Crippen LogP contribution < -0.4 is 22.9 Å². The molecule has 0 fully saturated rings. The van der Waals surface area contributed by atoms with Gasteiger partial charge in [-0.25, -0.2) is 0 Å². The van der Waals surface area contributed by atoms with Crippen LogP contribution in [0.2, 0.25) is 0 Å². The molecule has 0 saturated heterocycles. The summed E-state index contributed by atoms with van der Waals surface area (Å²) in [6.45, 7) is 0. The molecule has 0 unspecified atom stereocenters. The third-order valence-electron chi connectivity index (χ3n) is 1.14. The molecule has 0 rings (SSSR count). The first kappa shape index (κ1) is 21.1. The molecule has 10 N–H and O–H groups in total. The van der Waals surface area contributed by atoms with Crippen molar-refractivity contribution in [3.63, 3.8) is 0 Å². The van der Waals surface area contributed by atoms with Gasteiger partial charge in [0.25, 0.3) is 0 Å². The third kappa shape index (κ3) is 14.7. The normalized spacial score (nSPS) is 11.1. The molecule has 0 atom stereocenters. The zero-order valence-electron chi connectivity index (χ0n) is 8.08. The summed E-state index contributed by atoms with van der Waals surface area (Å²) in [6, 6.07) is 0. The third-order valence-corrected chi connectivity index (χ3v) is 3.42. The Morgan fingerprint density at radius 1 is 0.733 bits per heavy atom. The van der Waals surface area contributed by atoms with E-state index in [1.54, 1.807) is 0 Å². The minimum atomic E-state index is -3.10. The van der Waals surface area contributed by atoms with Crippen molar-refractivity contribution >= 4 is 14.7 Å². The first-order valence-electron chi connectivity index (χ1n) is 3.66. The van der Waals surface area contributed by atoms with Crippen molar-refractivity contribution in [2.24, 2.45) is 22.9 Å². The van der Waals surface area contributed by atoms with Crippen LogP contribution in [0.15, 0.2) is 0 Å². The Hall–Kier alpha value is 0.726. The number of rotatable bonds is 4. The number of hydrogen-bond acceptors (Lipinski definition) is 6. The van der Waals surface area contributed by atoms with E-state index in [2.05, 4.69) is 0 Å². The summed E-state index contributed by atoms with van der Waals surface area (Å²) in [5.41, 5.74) is 19.3.